The summed E-state index contributed by atoms with van der Waals surface area (Å²) < 4.78 is 0. The summed E-state index contributed by atoms with van der Waals surface area (Å²) in [6.07, 6.45) is 15.0. The molecule has 0 amide bonds. The van der Waals surface area contributed by atoms with Gasteiger partial charge in [-0.05, 0) is 36.5 Å². The molecule has 0 saturated heterocycles. The Morgan fingerprint density at radius 2 is 0.773 bits per heavy atom. The van der Waals surface area contributed by atoms with Crippen LogP contribution in [0.1, 0.15) is 120 Å². The van der Waals surface area contributed by atoms with Crippen molar-refractivity contribution in [1.82, 2.24) is 0 Å². The Bertz CT molecular complexity index is 158. The van der Waals surface area contributed by atoms with Gasteiger partial charge in [-0.2, -0.15) is 0 Å². The van der Waals surface area contributed by atoms with E-state index in [1.54, 1.807) is 0 Å². The summed E-state index contributed by atoms with van der Waals surface area (Å²) in [6, 6.07) is 0. The molecular formula is C22H48. The van der Waals surface area contributed by atoms with Gasteiger partial charge in [0.1, 0.15) is 0 Å². The van der Waals surface area contributed by atoms with E-state index in [0.717, 1.165) is 23.7 Å². The molecule has 0 bridgehead atoms. The van der Waals surface area contributed by atoms with Gasteiger partial charge in [-0.15, -0.1) is 0 Å². The van der Waals surface area contributed by atoms with Crippen LogP contribution in [0.4, 0.5) is 0 Å². The maximum atomic E-state index is 2.33. The Morgan fingerprint density at radius 3 is 0.955 bits per heavy atom. The molecule has 0 heterocycles. The minimum absolute atomic E-state index is 0.924. The first-order valence-electron chi connectivity index (χ1n) is 10.6. The second kappa shape index (κ2) is 17.4. The summed E-state index contributed by atoms with van der Waals surface area (Å²) in [7, 11) is 0. The molecular weight excluding hydrogens is 264 g/mol. The largest absolute Gasteiger partial charge is 0.0683 e. The lowest BCUT2D eigenvalue weighted by atomic mass is 9.96. The van der Waals surface area contributed by atoms with Gasteiger partial charge < -0.3 is 0 Å². The van der Waals surface area contributed by atoms with Crippen LogP contribution in [0.15, 0.2) is 0 Å². The molecule has 0 spiro atoms. The molecule has 0 nitrogen and oxygen atoms in total. The molecule has 136 valence electrons. The van der Waals surface area contributed by atoms with Gasteiger partial charge in [0, 0.05) is 0 Å². The molecule has 2 aliphatic rings. The van der Waals surface area contributed by atoms with E-state index in [1.165, 1.54) is 64.2 Å². The van der Waals surface area contributed by atoms with Crippen LogP contribution in [-0.2, 0) is 0 Å². The van der Waals surface area contributed by atoms with Crippen molar-refractivity contribution < 1.29 is 0 Å². The van der Waals surface area contributed by atoms with Crippen molar-refractivity contribution in [2.24, 2.45) is 23.7 Å². The highest BCUT2D eigenvalue weighted by molar-refractivity contribution is 4.68. The van der Waals surface area contributed by atoms with E-state index in [2.05, 4.69) is 27.7 Å². The number of hydrogen-bond acceptors (Lipinski definition) is 0. The van der Waals surface area contributed by atoms with Gasteiger partial charge in [-0.25, -0.2) is 0 Å². The van der Waals surface area contributed by atoms with Gasteiger partial charge >= 0.3 is 0 Å². The first kappa shape index (κ1) is 24.3. The fourth-order valence-corrected chi connectivity index (χ4v) is 3.83. The van der Waals surface area contributed by atoms with Crippen LogP contribution < -0.4 is 0 Å². The summed E-state index contributed by atoms with van der Waals surface area (Å²) in [6.45, 7) is 17.3. The molecule has 0 unspecified atom stereocenters. The maximum Gasteiger partial charge on any atom is -0.0412 e. The minimum atomic E-state index is 0.924. The zero-order valence-corrected chi connectivity index (χ0v) is 17.4. The Kier molecular flexibility index (Phi) is 19.1. The molecule has 0 aromatic carbocycles. The normalized spacial score (nSPS) is 18.3. The van der Waals surface area contributed by atoms with Gasteiger partial charge in [0.05, 0.1) is 0 Å². The molecule has 0 aromatic rings. The van der Waals surface area contributed by atoms with Gasteiger partial charge in [-0.1, -0.05) is 107 Å². The lowest BCUT2D eigenvalue weighted by molar-refractivity contribution is 0.419. The SMILES string of the molecule is CC.CC.CC(C)CC1CCCC1.CC(C)CC1CCCC1. The highest BCUT2D eigenvalue weighted by Gasteiger charge is 2.16. The molecule has 22 heavy (non-hydrogen) atoms. The Labute approximate surface area is 143 Å². The van der Waals surface area contributed by atoms with Crippen molar-refractivity contribution in [3.63, 3.8) is 0 Å². The van der Waals surface area contributed by atoms with Crippen LogP contribution in [0.2, 0.25) is 0 Å². The fourth-order valence-electron chi connectivity index (χ4n) is 3.83. The predicted octanol–water partition coefficient (Wildman–Crippen LogP) is 8.50. The molecule has 2 saturated carbocycles. The molecule has 2 rings (SSSR count). The molecule has 2 fully saturated rings. The average molecular weight is 313 g/mol. The van der Waals surface area contributed by atoms with E-state index in [0.29, 0.717) is 0 Å². The topological polar surface area (TPSA) is 0 Å². The number of rotatable bonds is 4. The smallest absolute Gasteiger partial charge is 0.0412 e. The van der Waals surface area contributed by atoms with E-state index in [1.807, 2.05) is 27.7 Å². The average Bonchev–Trinajstić information content (AvgIpc) is 3.17. The standard InChI is InChI=1S/2C9H18.2C2H6/c2*1-8(2)7-9-5-3-4-6-9;2*1-2/h2*8-9H,3-7H2,1-2H3;2*1-2H3. The van der Waals surface area contributed by atoms with Crippen molar-refractivity contribution >= 4 is 0 Å². The third-order valence-electron chi connectivity index (χ3n) is 4.56. The lowest BCUT2D eigenvalue weighted by Gasteiger charge is -2.10. The van der Waals surface area contributed by atoms with Crippen molar-refractivity contribution in [2.45, 2.75) is 120 Å². The quantitative estimate of drug-likeness (QED) is 0.488. The fraction of sp³-hybridized carbons (Fsp3) is 1.00. The minimum Gasteiger partial charge on any atom is -0.0683 e. The van der Waals surface area contributed by atoms with E-state index < -0.39 is 0 Å². The highest BCUT2D eigenvalue weighted by atomic mass is 14.2. The van der Waals surface area contributed by atoms with Gasteiger partial charge in [0.25, 0.3) is 0 Å². The van der Waals surface area contributed by atoms with Crippen LogP contribution in [0.5, 0.6) is 0 Å². The molecule has 0 aliphatic heterocycles. The van der Waals surface area contributed by atoms with E-state index in [4.69, 9.17) is 0 Å². The zero-order valence-electron chi connectivity index (χ0n) is 17.4. The Balaban J connectivity index is 0. The van der Waals surface area contributed by atoms with Crippen molar-refractivity contribution in [3.05, 3.63) is 0 Å². The van der Waals surface area contributed by atoms with Gasteiger partial charge in [0.2, 0.25) is 0 Å². The third kappa shape index (κ3) is 14.9. The third-order valence-corrected chi connectivity index (χ3v) is 4.56. The molecule has 0 heteroatoms. The van der Waals surface area contributed by atoms with Gasteiger partial charge in [-0.3, -0.25) is 0 Å². The lowest BCUT2D eigenvalue weighted by Crippen LogP contribution is -1.98. The van der Waals surface area contributed by atoms with Crippen LogP contribution in [0.25, 0.3) is 0 Å². The zero-order chi connectivity index (χ0) is 17.4. The van der Waals surface area contributed by atoms with Crippen LogP contribution in [0.3, 0.4) is 0 Å². The first-order valence-corrected chi connectivity index (χ1v) is 10.6. The number of hydrogen-bond donors (Lipinski definition) is 0. The second-order valence-electron chi connectivity index (χ2n) is 7.56. The molecule has 0 radical (unpaired) electrons. The van der Waals surface area contributed by atoms with Gasteiger partial charge in [0.15, 0.2) is 0 Å². The van der Waals surface area contributed by atoms with E-state index >= 15 is 0 Å². The van der Waals surface area contributed by atoms with Crippen molar-refractivity contribution in [3.8, 4) is 0 Å². The summed E-state index contributed by atoms with van der Waals surface area (Å²) in [5.41, 5.74) is 0. The Morgan fingerprint density at radius 1 is 0.545 bits per heavy atom. The van der Waals surface area contributed by atoms with Crippen LogP contribution >= 0.6 is 0 Å². The summed E-state index contributed by atoms with van der Waals surface area (Å²) in [5, 5.41) is 0. The molecule has 0 aromatic heterocycles. The van der Waals surface area contributed by atoms with Crippen molar-refractivity contribution in [1.29, 1.82) is 0 Å². The molecule has 0 N–H and O–H groups in total. The first-order chi connectivity index (χ1) is 10.6. The van der Waals surface area contributed by atoms with Crippen LogP contribution in [0, 0.1) is 23.7 Å². The maximum absolute atomic E-state index is 2.33. The Hall–Kier alpha value is 0. The molecule has 0 atom stereocenters. The molecule has 2 aliphatic carbocycles. The van der Waals surface area contributed by atoms with E-state index in [9.17, 15) is 0 Å². The summed E-state index contributed by atoms with van der Waals surface area (Å²) >= 11 is 0. The van der Waals surface area contributed by atoms with E-state index in [-0.39, 0.29) is 0 Å². The van der Waals surface area contributed by atoms with Crippen LogP contribution in [-0.4, -0.2) is 0 Å². The second-order valence-corrected chi connectivity index (χ2v) is 7.56. The highest BCUT2D eigenvalue weighted by Crippen LogP contribution is 2.30. The summed E-state index contributed by atoms with van der Waals surface area (Å²) in [5.74, 6) is 4.02. The monoisotopic (exact) mass is 312 g/mol. The predicted molar refractivity (Wildman–Crippen MR) is 106 cm³/mol. The van der Waals surface area contributed by atoms with Crippen molar-refractivity contribution in [2.75, 3.05) is 0 Å². The summed E-state index contributed by atoms with van der Waals surface area (Å²) in [4.78, 5) is 0.